The Kier molecular flexibility index (Phi) is 5.47. The standard InChI is InChI=1S/C15H21N3OS2/c1-3-21-12-6-4-5-11(13(12)14(16)20)17-9(2)15(19)18-10-7-8-10/h4-6,9-10,17H,3,7-8H2,1-2H3,(H2,16,20)(H,18,19). The third-order valence-electron chi connectivity index (χ3n) is 3.26. The van der Waals surface area contributed by atoms with E-state index in [9.17, 15) is 4.79 Å². The molecule has 0 heterocycles. The Bertz CT molecular complexity index is 544. The zero-order valence-corrected chi connectivity index (χ0v) is 13.9. The maximum atomic E-state index is 12.0. The lowest BCUT2D eigenvalue weighted by molar-refractivity contribution is -0.121. The lowest BCUT2D eigenvalue weighted by Gasteiger charge is -2.19. The third-order valence-corrected chi connectivity index (χ3v) is 4.41. The topological polar surface area (TPSA) is 67.2 Å². The van der Waals surface area contributed by atoms with Gasteiger partial charge >= 0.3 is 0 Å². The Morgan fingerprint density at radius 2 is 2.24 bits per heavy atom. The molecule has 0 aliphatic heterocycles. The summed E-state index contributed by atoms with van der Waals surface area (Å²) in [5.41, 5.74) is 7.51. The van der Waals surface area contributed by atoms with E-state index in [0.29, 0.717) is 11.0 Å². The van der Waals surface area contributed by atoms with Crippen LogP contribution in [0.25, 0.3) is 0 Å². The number of carbonyl (C=O) groups is 1. The Morgan fingerprint density at radius 3 is 2.81 bits per heavy atom. The molecule has 1 aromatic carbocycles. The van der Waals surface area contributed by atoms with E-state index in [1.165, 1.54) is 0 Å². The van der Waals surface area contributed by atoms with Crippen LogP contribution >= 0.6 is 24.0 Å². The summed E-state index contributed by atoms with van der Waals surface area (Å²) in [4.78, 5) is 13.4. The van der Waals surface area contributed by atoms with Crippen molar-refractivity contribution in [2.75, 3.05) is 11.1 Å². The highest BCUT2D eigenvalue weighted by atomic mass is 32.2. The molecule has 1 aliphatic carbocycles. The minimum absolute atomic E-state index is 0.0138. The number of benzene rings is 1. The molecule has 4 nitrogen and oxygen atoms in total. The highest BCUT2D eigenvalue weighted by molar-refractivity contribution is 7.99. The highest BCUT2D eigenvalue weighted by Crippen LogP contribution is 2.29. The minimum Gasteiger partial charge on any atom is -0.389 e. The van der Waals surface area contributed by atoms with Crippen LogP contribution in [0.4, 0.5) is 5.69 Å². The fraction of sp³-hybridized carbons (Fsp3) is 0.467. The lowest BCUT2D eigenvalue weighted by atomic mass is 10.1. The Labute approximate surface area is 135 Å². The zero-order valence-electron chi connectivity index (χ0n) is 12.3. The van der Waals surface area contributed by atoms with E-state index < -0.39 is 0 Å². The summed E-state index contributed by atoms with van der Waals surface area (Å²) in [7, 11) is 0. The minimum atomic E-state index is -0.319. The van der Waals surface area contributed by atoms with Crippen LogP contribution in [0.15, 0.2) is 23.1 Å². The molecule has 0 spiro atoms. The van der Waals surface area contributed by atoms with E-state index in [1.54, 1.807) is 11.8 Å². The van der Waals surface area contributed by atoms with E-state index in [-0.39, 0.29) is 11.9 Å². The predicted octanol–water partition coefficient (Wildman–Crippen LogP) is 2.51. The van der Waals surface area contributed by atoms with Crippen molar-refractivity contribution in [3.05, 3.63) is 23.8 Å². The molecule has 0 saturated heterocycles. The molecule has 1 saturated carbocycles. The summed E-state index contributed by atoms with van der Waals surface area (Å²) in [6.07, 6.45) is 2.17. The number of thiocarbonyl (C=S) groups is 1. The molecule has 2 rings (SSSR count). The van der Waals surface area contributed by atoms with Crippen LogP contribution in [0.2, 0.25) is 0 Å². The van der Waals surface area contributed by atoms with Crippen molar-refractivity contribution in [3.8, 4) is 0 Å². The molecular formula is C15H21N3OS2. The molecule has 1 aromatic rings. The molecule has 6 heteroatoms. The molecule has 4 N–H and O–H groups in total. The molecule has 1 unspecified atom stereocenters. The average Bonchev–Trinajstić information content (AvgIpc) is 3.22. The van der Waals surface area contributed by atoms with Gasteiger partial charge in [0.05, 0.1) is 0 Å². The van der Waals surface area contributed by atoms with Crippen LogP contribution < -0.4 is 16.4 Å². The molecule has 114 valence electrons. The molecule has 0 aromatic heterocycles. The van der Waals surface area contributed by atoms with Gasteiger partial charge in [-0.1, -0.05) is 25.2 Å². The number of hydrogen-bond acceptors (Lipinski definition) is 4. The maximum Gasteiger partial charge on any atom is 0.242 e. The summed E-state index contributed by atoms with van der Waals surface area (Å²) in [5, 5.41) is 6.22. The summed E-state index contributed by atoms with van der Waals surface area (Å²) in [5.74, 6) is 0.955. The van der Waals surface area contributed by atoms with E-state index in [4.69, 9.17) is 18.0 Å². The highest BCUT2D eigenvalue weighted by Gasteiger charge is 2.26. The molecule has 1 atom stereocenters. The first-order valence-electron chi connectivity index (χ1n) is 7.15. The quantitative estimate of drug-likeness (QED) is 0.531. The van der Waals surface area contributed by atoms with Crippen LogP contribution in [0.5, 0.6) is 0 Å². The number of nitrogens with two attached hydrogens (primary N) is 1. The van der Waals surface area contributed by atoms with Crippen molar-refractivity contribution in [2.24, 2.45) is 5.73 Å². The van der Waals surface area contributed by atoms with Gasteiger partial charge in [-0.25, -0.2) is 0 Å². The zero-order chi connectivity index (χ0) is 15.4. The number of rotatable bonds is 7. The smallest absolute Gasteiger partial charge is 0.242 e. The van der Waals surface area contributed by atoms with Crippen LogP contribution in [0, 0.1) is 0 Å². The maximum absolute atomic E-state index is 12.0. The molecule has 21 heavy (non-hydrogen) atoms. The van der Waals surface area contributed by atoms with Crippen LogP contribution in [-0.2, 0) is 4.79 Å². The van der Waals surface area contributed by atoms with E-state index in [2.05, 4.69) is 17.6 Å². The summed E-state index contributed by atoms with van der Waals surface area (Å²) in [6, 6.07) is 5.91. The number of nitrogens with one attached hydrogen (secondary N) is 2. The molecule has 0 bridgehead atoms. The lowest BCUT2D eigenvalue weighted by Crippen LogP contribution is -2.39. The van der Waals surface area contributed by atoms with Crippen LogP contribution in [0.3, 0.4) is 0 Å². The Hall–Kier alpha value is -1.27. The van der Waals surface area contributed by atoms with E-state index in [0.717, 1.165) is 34.7 Å². The molecule has 1 aliphatic rings. The third kappa shape index (κ3) is 4.35. The first-order valence-corrected chi connectivity index (χ1v) is 8.54. The fourth-order valence-corrected chi connectivity index (χ4v) is 3.17. The van der Waals surface area contributed by atoms with Gasteiger partial charge in [0, 0.05) is 22.2 Å². The van der Waals surface area contributed by atoms with Gasteiger partial charge in [0.2, 0.25) is 5.91 Å². The van der Waals surface area contributed by atoms with E-state index in [1.807, 2.05) is 25.1 Å². The molecule has 1 amide bonds. The van der Waals surface area contributed by atoms with Gasteiger partial charge in [-0.05, 0) is 37.7 Å². The Balaban J connectivity index is 2.15. The summed E-state index contributed by atoms with van der Waals surface area (Å²) >= 11 is 6.87. The second-order valence-corrected chi connectivity index (χ2v) is 6.87. The SMILES string of the molecule is CCSc1cccc(NC(C)C(=O)NC2CC2)c1C(N)=S. The number of thioether (sulfide) groups is 1. The molecule has 0 radical (unpaired) electrons. The first kappa shape index (κ1) is 16.1. The van der Waals surface area contributed by atoms with Gasteiger partial charge in [0.15, 0.2) is 0 Å². The number of amides is 1. The van der Waals surface area contributed by atoms with Gasteiger partial charge in [-0.3, -0.25) is 4.79 Å². The second kappa shape index (κ2) is 7.13. The monoisotopic (exact) mass is 323 g/mol. The number of anilines is 1. The molecular weight excluding hydrogens is 302 g/mol. The van der Waals surface area contributed by atoms with Gasteiger partial charge in [0.25, 0.3) is 0 Å². The fourth-order valence-electron chi connectivity index (χ4n) is 2.03. The van der Waals surface area contributed by atoms with Crippen molar-refractivity contribution in [3.63, 3.8) is 0 Å². The van der Waals surface area contributed by atoms with E-state index >= 15 is 0 Å². The number of hydrogen-bond donors (Lipinski definition) is 3. The average molecular weight is 323 g/mol. The van der Waals surface area contributed by atoms with Crippen molar-refractivity contribution >= 4 is 40.6 Å². The van der Waals surface area contributed by atoms with Gasteiger partial charge in [-0.15, -0.1) is 11.8 Å². The Morgan fingerprint density at radius 1 is 1.52 bits per heavy atom. The summed E-state index contributed by atoms with van der Waals surface area (Å²) in [6.45, 7) is 3.93. The van der Waals surface area contributed by atoms with Crippen LogP contribution in [-0.4, -0.2) is 28.7 Å². The van der Waals surface area contributed by atoms with Crippen molar-refractivity contribution in [1.29, 1.82) is 0 Å². The summed E-state index contributed by atoms with van der Waals surface area (Å²) < 4.78 is 0. The number of carbonyl (C=O) groups excluding carboxylic acids is 1. The van der Waals surface area contributed by atoms with Crippen molar-refractivity contribution < 1.29 is 4.79 Å². The van der Waals surface area contributed by atoms with Crippen molar-refractivity contribution in [1.82, 2.24) is 5.32 Å². The van der Waals surface area contributed by atoms with Gasteiger partial charge in [-0.2, -0.15) is 0 Å². The van der Waals surface area contributed by atoms with Crippen molar-refractivity contribution in [2.45, 2.75) is 43.7 Å². The van der Waals surface area contributed by atoms with Gasteiger partial charge < -0.3 is 16.4 Å². The normalized spacial score (nSPS) is 15.3. The molecule has 1 fully saturated rings. The van der Waals surface area contributed by atoms with Crippen LogP contribution in [0.1, 0.15) is 32.3 Å². The largest absolute Gasteiger partial charge is 0.389 e. The second-order valence-electron chi connectivity index (χ2n) is 5.12. The first-order chi connectivity index (χ1) is 10.0. The predicted molar refractivity (Wildman–Crippen MR) is 93.0 cm³/mol. The van der Waals surface area contributed by atoms with Gasteiger partial charge in [0.1, 0.15) is 11.0 Å².